The van der Waals surface area contributed by atoms with Crippen molar-refractivity contribution in [2.24, 2.45) is 0 Å². The first-order valence-electron chi connectivity index (χ1n) is 6.13. The molecule has 1 atom stereocenters. The molecule has 0 amide bonds. The lowest BCUT2D eigenvalue weighted by molar-refractivity contribution is 0.151. The third-order valence-corrected chi connectivity index (χ3v) is 3.20. The Hall–Kier alpha value is -1.55. The van der Waals surface area contributed by atoms with Gasteiger partial charge in [-0.25, -0.2) is 0 Å². The van der Waals surface area contributed by atoms with Crippen molar-refractivity contribution in [3.63, 3.8) is 0 Å². The predicted octanol–water partition coefficient (Wildman–Crippen LogP) is 1.46. The highest BCUT2D eigenvalue weighted by atomic mass is 16.1. The van der Waals surface area contributed by atoms with Crippen LogP contribution in [-0.4, -0.2) is 29.8 Å². The number of nitrogens with zero attached hydrogens (tertiary/aromatic N) is 3. The minimum atomic E-state index is 0.0588. The number of pyridine rings is 1. The lowest BCUT2D eigenvalue weighted by Crippen LogP contribution is -2.58. The molecule has 4 heteroatoms. The smallest absolute Gasteiger partial charge is 0.296 e. The van der Waals surface area contributed by atoms with Gasteiger partial charge in [0.1, 0.15) is 12.7 Å². The van der Waals surface area contributed by atoms with Crippen molar-refractivity contribution in [1.82, 2.24) is 14.2 Å². The summed E-state index contributed by atoms with van der Waals surface area (Å²) in [5.41, 5.74) is 0.0588. The van der Waals surface area contributed by atoms with Crippen molar-refractivity contribution in [3.05, 3.63) is 47.1 Å². The largest absolute Gasteiger partial charge is 0.327 e. The fraction of sp³-hybridized carbons (Fsp3) is 0.462. The van der Waals surface area contributed by atoms with E-state index in [-0.39, 0.29) is 5.56 Å². The Morgan fingerprint density at radius 1 is 1.41 bits per heavy atom. The van der Waals surface area contributed by atoms with E-state index in [1.54, 1.807) is 12.1 Å². The van der Waals surface area contributed by atoms with Gasteiger partial charge in [0.05, 0.1) is 12.4 Å². The van der Waals surface area contributed by atoms with E-state index >= 15 is 0 Å². The molecule has 1 aliphatic heterocycles. The molecule has 0 radical (unpaired) electrons. The van der Waals surface area contributed by atoms with Gasteiger partial charge >= 0.3 is 0 Å². The number of hydrogen-bond acceptors (Lipinski definition) is 2. The first kappa shape index (κ1) is 11.9. The van der Waals surface area contributed by atoms with Crippen molar-refractivity contribution in [2.45, 2.75) is 19.8 Å². The highest BCUT2D eigenvalue weighted by Gasteiger charge is 2.33. The summed E-state index contributed by atoms with van der Waals surface area (Å²) in [7, 11) is 2.04. The van der Waals surface area contributed by atoms with E-state index in [1.807, 2.05) is 24.0 Å². The SMILES string of the molecule is CCCC[N+]1(n2ccccc2=O)C=CN(C)C1. The fourth-order valence-electron chi connectivity index (χ4n) is 2.29. The average molecular weight is 234 g/mol. The van der Waals surface area contributed by atoms with Gasteiger partial charge in [0, 0.05) is 13.1 Å². The molecule has 0 N–H and O–H groups in total. The van der Waals surface area contributed by atoms with Gasteiger partial charge in [0.15, 0.2) is 6.67 Å². The van der Waals surface area contributed by atoms with Gasteiger partial charge < -0.3 is 4.90 Å². The van der Waals surface area contributed by atoms with E-state index in [9.17, 15) is 4.79 Å². The number of unbranched alkanes of at least 4 members (excludes halogenated alkanes) is 1. The molecule has 17 heavy (non-hydrogen) atoms. The maximum atomic E-state index is 12.0. The standard InChI is InChI=1S/C13H20N3O/c1-3-4-10-16(11-9-14(2)12-16)15-8-6-5-7-13(15)17/h5-9,11H,3-4,10,12H2,1-2H3/q+1. The molecule has 0 bridgehead atoms. The highest BCUT2D eigenvalue weighted by Crippen LogP contribution is 2.15. The molecule has 4 nitrogen and oxygen atoms in total. The summed E-state index contributed by atoms with van der Waals surface area (Å²) in [6, 6.07) is 5.33. The van der Waals surface area contributed by atoms with Crippen LogP contribution in [0.4, 0.5) is 0 Å². The summed E-state index contributed by atoms with van der Waals surface area (Å²) < 4.78 is 2.40. The average Bonchev–Trinajstić information content (AvgIpc) is 2.70. The molecule has 2 rings (SSSR count). The molecule has 0 aliphatic carbocycles. The summed E-state index contributed by atoms with van der Waals surface area (Å²) >= 11 is 0. The topological polar surface area (TPSA) is 25.2 Å². The number of quaternary nitrogens is 1. The van der Waals surface area contributed by atoms with Gasteiger partial charge in [0.2, 0.25) is 0 Å². The van der Waals surface area contributed by atoms with Crippen LogP contribution in [0.5, 0.6) is 0 Å². The second-order valence-electron chi connectivity index (χ2n) is 4.64. The van der Waals surface area contributed by atoms with Crippen LogP contribution < -0.4 is 10.2 Å². The first-order valence-corrected chi connectivity index (χ1v) is 6.13. The molecule has 1 aromatic rings. The fourth-order valence-corrected chi connectivity index (χ4v) is 2.29. The summed E-state index contributed by atoms with van der Waals surface area (Å²) in [4.78, 5) is 14.1. The number of hydrogen-bond donors (Lipinski definition) is 0. The van der Waals surface area contributed by atoms with Gasteiger partial charge in [-0.15, -0.1) is 0 Å². The molecule has 0 saturated heterocycles. The molecule has 0 aromatic carbocycles. The van der Waals surface area contributed by atoms with Crippen molar-refractivity contribution in [1.29, 1.82) is 0 Å². The van der Waals surface area contributed by atoms with Gasteiger partial charge in [0.25, 0.3) is 5.56 Å². The van der Waals surface area contributed by atoms with E-state index < -0.39 is 0 Å². The number of aromatic nitrogens is 1. The van der Waals surface area contributed by atoms with E-state index in [1.165, 1.54) is 0 Å². The highest BCUT2D eigenvalue weighted by molar-refractivity contribution is 5.06. The molecule has 1 aliphatic rings. The third-order valence-electron chi connectivity index (χ3n) is 3.20. The molecule has 2 heterocycles. The summed E-state index contributed by atoms with van der Waals surface area (Å²) in [6.07, 6.45) is 8.28. The molecular formula is C13H20N3O+. The molecule has 92 valence electrons. The zero-order valence-electron chi connectivity index (χ0n) is 10.5. The molecule has 1 unspecified atom stereocenters. The van der Waals surface area contributed by atoms with Gasteiger partial charge in [-0.05, 0) is 12.5 Å². The molecule has 0 saturated carbocycles. The van der Waals surface area contributed by atoms with Crippen LogP contribution in [0, 0.1) is 0 Å². The maximum absolute atomic E-state index is 12.0. The van der Waals surface area contributed by atoms with Gasteiger partial charge in [-0.1, -0.05) is 19.4 Å². The normalized spacial score (nSPS) is 23.3. The predicted molar refractivity (Wildman–Crippen MR) is 69.8 cm³/mol. The van der Waals surface area contributed by atoms with Crippen molar-refractivity contribution in [3.8, 4) is 0 Å². The van der Waals surface area contributed by atoms with E-state index in [4.69, 9.17) is 0 Å². The zero-order chi connectivity index (χ0) is 12.3. The summed E-state index contributed by atoms with van der Waals surface area (Å²) in [5.74, 6) is 0. The molecule has 0 fully saturated rings. The Balaban J connectivity index is 2.38. The summed E-state index contributed by atoms with van der Waals surface area (Å²) in [5, 5.41) is 0. The van der Waals surface area contributed by atoms with E-state index in [0.29, 0.717) is 4.59 Å². The molecule has 1 aromatic heterocycles. The van der Waals surface area contributed by atoms with E-state index in [0.717, 1.165) is 26.1 Å². The van der Waals surface area contributed by atoms with Crippen LogP contribution >= 0.6 is 0 Å². The Morgan fingerprint density at radius 2 is 2.24 bits per heavy atom. The zero-order valence-corrected chi connectivity index (χ0v) is 10.5. The monoisotopic (exact) mass is 234 g/mol. The van der Waals surface area contributed by atoms with Crippen LogP contribution in [0.3, 0.4) is 0 Å². The molecule has 0 spiro atoms. The first-order chi connectivity index (χ1) is 8.18. The van der Waals surface area contributed by atoms with E-state index in [2.05, 4.69) is 24.2 Å². The van der Waals surface area contributed by atoms with Crippen LogP contribution in [0.15, 0.2) is 41.6 Å². The Kier molecular flexibility index (Phi) is 3.33. The quantitative estimate of drug-likeness (QED) is 0.737. The van der Waals surface area contributed by atoms with Gasteiger partial charge in [-0.2, -0.15) is 9.27 Å². The lowest BCUT2D eigenvalue weighted by Gasteiger charge is -2.32. The van der Waals surface area contributed by atoms with Crippen molar-refractivity contribution in [2.75, 3.05) is 20.3 Å². The Bertz CT molecular complexity index is 466. The Labute approximate surface area is 102 Å². The Morgan fingerprint density at radius 3 is 2.82 bits per heavy atom. The van der Waals surface area contributed by atoms with Crippen molar-refractivity contribution < 1.29 is 0 Å². The van der Waals surface area contributed by atoms with Crippen LogP contribution in [0.1, 0.15) is 19.8 Å². The second kappa shape index (κ2) is 4.75. The lowest BCUT2D eigenvalue weighted by atomic mass is 10.3. The minimum absolute atomic E-state index is 0.0588. The van der Waals surface area contributed by atoms with Gasteiger partial charge in [-0.3, -0.25) is 4.79 Å². The summed E-state index contributed by atoms with van der Waals surface area (Å²) in [6.45, 7) is 3.96. The van der Waals surface area contributed by atoms with Crippen LogP contribution in [0.25, 0.3) is 0 Å². The van der Waals surface area contributed by atoms with Crippen LogP contribution in [-0.2, 0) is 0 Å². The van der Waals surface area contributed by atoms with Crippen LogP contribution in [0.2, 0.25) is 0 Å². The minimum Gasteiger partial charge on any atom is -0.327 e. The molecular weight excluding hydrogens is 214 g/mol. The number of rotatable bonds is 4. The second-order valence-corrected chi connectivity index (χ2v) is 4.64. The van der Waals surface area contributed by atoms with Crippen molar-refractivity contribution >= 4 is 0 Å². The maximum Gasteiger partial charge on any atom is 0.296 e. The third kappa shape index (κ3) is 2.26.